The zero-order valence-electron chi connectivity index (χ0n) is 9.48. The summed E-state index contributed by atoms with van der Waals surface area (Å²) in [5.41, 5.74) is 0. The van der Waals surface area contributed by atoms with Gasteiger partial charge in [-0.1, -0.05) is 6.08 Å². The van der Waals surface area contributed by atoms with Gasteiger partial charge in [-0.25, -0.2) is 0 Å². The van der Waals surface area contributed by atoms with Crippen LogP contribution in [-0.4, -0.2) is 34.6 Å². The molecule has 0 aromatic rings. The molecule has 1 amide bonds. The lowest BCUT2D eigenvalue weighted by Crippen LogP contribution is -2.36. The SMILES string of the molecule is C=CCCC(=O)N1CCC[C@@H]1C[C@@H](C)O. The molecule has 1 fully saturated rings. The smallest absolute Gasteiger partial charge is 0.223 e. The number of hydrogen-bond acceptors (Lipinski definition) is 2. The van der Waals surface area contributed by atoms with E-state index in [4.69, 9.17) is 0 Å². The molecule has 0 aliphatic carbocycles. The first-order chi connectivity index (χ1) is 7.15. The van der Waals surface area contributed by atoms with Crippen molar-refractivity contribution in [3.05, 3.63) is 12.7 Å². The highest BCUT2D eigenvalue weighted by atomic mass is 16.3. The largest absolute Gasteiger partial charge is 0.393 e. The molecule has 0 aromatic carbocycles. The number of amides is 1. The lowest BCUT2D eigenvalue weighted by Gasteiger charge is -2.25. The molecule has 1 rings (SSSR count). The van der Waals surface area contributed by atoms with Gasteiger partial charge in [0.05, 0.1) is 6.10 Å². The number of allylic oxidation sites excluding steroid dienone is 1. The molecule has 3 nitrogen and oxygen atoms in total. The Labute approximate surface area is 91.8 Å². The van der Waals surface area contributed by atoms with Crippen LogP contribution < -0.4 is 0 Å². The molecule has 15 heavy (non-hydrogen) atoms. The summed E-state index contributed by atoms with van der Waals surface area (Å²) >= 11 is 0. The highest BCUT2D eigenvalue weighted by molar-refractivity contribution is 5.76. The zero-order valence-corrected chi connectivity index (χ0v) is 9.48. The molecule has 3 heteroatoms. The van der Waals surface area contributed by atoms with Crippen LogP contribution in [0.5, 0.6) is 0 Å². The topological polar surface area (TPSA) is 40.5 Å². The van der Waals surface area contributed by atoms with Crippen molar-refractivity contribution in [3.8, 4) is 0 Å². The summed E-state index contributed by atoms with van der Waals surface area (Å²) in [6.45, 7) is 6.25. The summed E-state index contributed by atoms with van der Waals surface area (Å²) in [4.78, 5) is 13.7. The summed E-state index contributed by atoms with van der Waals surface area (Å²) in [6, 6.07) is 0.252. The average Bonchev–Trinajstić information content (AvgIpc) is 2.61. The van der Waals surface area contributed by atoms with Crippen LogP contribution in [0.15, 0.2) is 12.7 Å². The van der Waals surface area contributed by atoms with Crippen molar-refractivity contribution in [3.63, 3.8) is 0 Å². The standard InChI is InChI=1S/C12H21NO2/c1-3-4-7-12(15)13-8-5-6-11(13)9-10(2)14/h3,10-11,14H,1,4-9H2,2H3/t10-,11-/m1/s1. The minimum absolute atomic E-state index is 0.207. The van der Waals surface area contributed by atoms with E-state index in [9.17, 15) is 9.90 Å². The Bertz CT molecular complexity index is 226. The van der Waals surface area contributed by atoms with E-state index in [2.05, 4.69) is 6.58 Å². The van der Waals surface area contributed by atoms with Gasteiger partial charge in [-0.05, 0) is 32.6 Å². The first-order valence-electron chi connectivity index (χ1n) is 5.73. The predicted octanol–water partition coefficient (Wildman–Crippen LogP) is 1.71. The molecule has 0 saturated carbocycles. The third-order valence-corrected chi connectivity index (χ3v) is 2.87. The zero-order chi connectivity index (χ0) is 11.3. The van der Waals surface area contributed by atoms with Crippen molar-refractivity contribution in [1.29, 1.82) is 0 Å². The number of carbonyl (C=O) groups is 1. The third kappa shape index (κ3) is 3.67. The summed E-state index contributed by atoms with van der Waals surface area (Å²) in [5.74, 6) is 0.207. The van der Waals surface area contributed by atoms with Gasteiger partial charge in [-0.2, -0.15) is 0 Å². The van der Waals surface area contributed by atoms with Gasteiger partial charge in [0.1, 0.15) is 0 Å². The quantitative estimate of drug-likeness (QED) is 0.703. The summed E-state index contributed by atoms with van der Waals surface area (Å²) in [5, 5.41) is 9.33. The molecule has 1 aliphatic rings. The molecule has 86 valence electrons. The summed E-state index contributed by atoms with van der Waals surface area (Å²) < 4.78 is 0. The Kier molecular flexibility index (Phi) is 4.82. The number of aliphatic hydroxyl groups excluding tert-OH is 1. The molecule has 0 bridgehead atoms. The van der Waals surface area contributed by atoms with Crippen LogP contribution in [0.25, 0.3) is 0 Å². The molecule has 0 spiro atoms. The van der Waals surface area contributed by atoms with Gasteiger partial charge in [0.25, 0.3) is 0 Å². The Hall–Kier alpha value is -0.830. The van der Waals surface area contributed by atoms with Crippen molar-refractivity contribution < 1.29 is 9.90 Å². The molecule has 1 aliphatic heterocycles. The van der Waals surface area contributed by atoms with Crippen LogP contribution in [0.3, 0.4) is 0 Å². The Morgan fingerprint density at radius 1 is 1.73 bits per heavy atom. The van der Waals surface area contributed by atoms with Crippen molar-refractivity contribution in [1.82, 2.24) is 4.90 Å². The van der Waals surface area contributed by atoms with Crippen molar-refractivity contribution in [2.45, 2.75) is 51.2 Å². The maximum atomic E-state index is 11.8. The Morgan fingerprint density at radius 2 is 2.47 bits per heavy atom. The second-order valence-electron chi connectivity index (χ2n) is 4.30. The van der Waals surface area contributed by atoms with Gasteiger partial charge in [-0.15, -0.1) is 6.58 Å². The molecule has 2 atom stereocenters. The second kappa shape index (κ2) is 5.91. The minimum Gasteiger partial charge on any atom is -0.393 e. The predicted molar refractivity (Wildman–Crippen MR) is 60.5 cm³/mol. The van der Waals surface area contributed by atoms with E-state index < -0.39 is 0 Å². The lowest BCUT2D eigenvalue weighted by atomic mass is 10.1. The van der Waals surface area contributed by atoms with Crippen molar-refractivity contribution in [2.75, 3.05) is 6.54 Å². The fourth-order valence-electron chi connectivity index (χ4n) is 2.17. The normalized spacial score (nSPS) is 22.8. The van der Waals surface area contributed by atoms with Gasteiger partial charge < -0.3 is 10.0 Å². The maximum Gasteiger partial charge on any atom is 0.223 e. The number of likely N-dealkylation sites (tertiary alicyclic amines) is 1. The van der Waals surface area contributed by atoms with Crippen LogP contribution in [0.2, 0.25) is 0 Å². The first kappa shape index (κ1) is 12.2. The molecule has 0 unspecified atom stereocenters. The van der Waals surface area contributed by atoms with Gasteiger partial charge >= 0.3 is 0 Å². The van der Waals surface area contributed by atoms with Crippen LogP contribution in [0, 0.1) is 0 Å². The highest BCUT2D eigenvalue weighted by Crippen LogP contribution is 2.22. The fourth-order valence-corrected chi connectivity index (χ4v) is 2.17. The fraction of sp³-hybridized carbons (Fsp3) is 0.750. The molecular formula is C12H21NO2. The molecule has 0 radical (unpaired) electrons. The first-order valence-corrected chi connectivity index (χ1v) is 5.73. The average molecular weight is 211 g/mol. The van der Waals surface area contributed by atoms with E-state index in [1.807, 2.05) is 4.90 Å². The Balaban J connectivity index is 2.44. The number of aliphatic hydroxyl groups is 1. The molecule has 1 N–H and O–H groups in total. The van der Waals surface area contributed by atoms with E-state index >= 15 is 0 Å². The number of rotatable bonds is 5. The van der Waals surface area contributed by atoms with E-state index in [-0.39, 0.29) is 18.1 Å². The maximum absolute atomic E-state index is 11.8. The van der Waals surface area contributed by atoms with E-state index in [0.29, 0.717) is 12.8 Å². The van der Waals surface area contributed by atoms with Gasteiger partial charge in [-0.3, -0.25) is 4.79 Å². The molecule has 1 heterocycles. The second-order valence-corrected chi connectivity index (χ2v) is 4.30. The van der Waals surface area contributed by atoms with E-state index in [1.54, 1.807) is 13.0 Å². The van der Waals surface area contributed by atoms with Gasteiger partial charge in [0.2, 0.25) is 5.91 Å². The Morgan fingerprint density at radius 3 is 3.07 bits per heavy atom. The van der Waals surface area contributed by atoms with Crippen molar-refractivity contribution >= 4 is 5.91 Å². The van der Waals surface area contributed by atoms with Crippen LogP contribution in [0.4, 0.5) is 0 Å². The summed E-state index contributed by atoms with van der Waals surface area (Å²) in [7, 11) is 0. The number of nitrogens with zero attached hydrogens (tertiary/aromatic N) is 1. The molecular weight excluding hydrogens is 190 g/mol. The number of hydrogen-bond donors (Lipinski definition) is 1. The molecule has 0 aromatic heterocycles. The lowest BCUT2D eigenvalue weighted by molar-refractivity contribution is -0.132. The summed E-state index contributed by atoms with van der Waals surface area (Å²) in [6.07, 6.45) is 5.57. The third-order valence-electron chi connectivity index (χ3n) is 2.87. The van der Waals surface area contributed by atoms with Gasteiger partial charge in [0.15, 0.2) is 0 Å². The van der Waals surface area contributed by atoms with Crippen LogP contribution >= 0.6 is 0 Å². The van der Waals surface area contributed by atoms with Crippen molar-refractivity contribution in [2.24, 2.45) is 0 Å². The van der Waals surface area contributed by atoms with Gasteiger partial charge in [0, 0.05) is 19.0 Å². The molecule has 1 saturated heterocycles. The van der Waals surface area contributed by atoms with Crippen LogP contribution in [-0.2, 0) is 4.79 Å². The highest BCUT2D eigenvalue weighted by Gasteiger charge is 2.28. The van der Waals surface area contributed by atoms with Crippen LogP contribution in [0.1, 0.15) is 39.0 Å². The monoisotopic (exact) mass is 211 g/mol. The van der Waals surface area contributed by atoms with E-state index in [0.717, 1.165) is 25.8 Å². The minimum atomic E-state index is -0.317. The number of carbonyl (C=O) groups excluding carboxylic acids is 1. The van der Waals surface area contributed by atoms with E-state index in [1.165, 1.54) is 0 Å².